The number of aryl methyl sites for hydroxylation is 2. The molecule has 0 aromatic heterocycles. The van der Waals surface area contributed by atoms with Crippen LogP contribution in [0.25, 0.3) is 0 Å². The van der Waals surface area contributed by atoms with Crippen molar-refractivity contribution >= 4 is 35.2 Å². The fourth-order valence-electron chi connectivity index (χ4n) is 7.82. The van der Waals surface area contributed by atoms with Gasteiger partial charge in [0.1, 0.15) is 6.04 Å². The molecule has 3 heterocycles. The van der Waals surface area contributed by atoms with Crippen molar-refractivity contribution < 1.29 is 24.2 Å². The summed E-state index contributed by atoms with van der Waals surface area (Å²) in [6.45, 7) is 13.9. The molecular formula is C36H44N2O5S. The van der Waals surface area contributed by atoms with Gasteiger partial charge >= 0.3 is 5.97 Å². The zero-order chi connectivity index (χ0) is 31.6. The fraction of sp³-hybridized carbons (Fsp3) is 0.472. The molecule has 1 spiro atoms. The lowest BCUT2D eigenvalue weighted by Gasteiger charge is -2.40. The minimum absolute atomic E-state index is 0.220. The van der Waals surface area contributed by atoms with Crippen molar-refractivity contribution in [3.63, 3.8) is 0 Å². The Morgan fingerprint density at radius 2 is 1.80 bits per heavy atom. The van der Waals surface area contributed by atoms with Gasteiger partial charge in [-0.1, -0.05) is 60.7 Å². The Hall–Kier alpha value is -3.36. The quantitative estimate of drug-likeness (QED) is 0.170. The Morgan fingerprint density at radius 3 is 2.43 bits per heavy atom. The molecule has 2 aromatic carbocycles. The van der Waals surface area contributed by atoms with E-state index in [0.717, 1.165) is 41.6 Å². The third-order valence-electron chi connectivity index (χ3n) is 9.73. The molecule has 0 aliphatic carbocycles. The molecule has 8 heteroatoms. The van der Waals surface area contributed by atoms with E-state index >= 15 is 4.79 Å². The molecule has 2 unspecified atom stereocenters. The third kappa shape index (κ3) is 5.30. The number of aliphatic hydroxyl groups excluding tert-OH is 1. The predicted molar refractivity (Wildman–Crippen MR) is 175 cm³/mol. The highest BCUT2D eigenvalue weighted by molar-refractivity contribution is 8.02. The molecule has 6 atom stereocenters. The maximum Gasteiger partial charge on any atom is 0.311 e. The Labute approximate surface area is 265 Å². The Morgan fingerprint density at radius 1 is 1.09 bits per heavy atom. The van der Waals surface area contributed by atoms with Gasteiger partial charge < -0.3 is 19.6 Å². The number of thioether (sulfide) groups is 1. The van der Waals surface area contributed by atoms with Gasteiger partial charge in [-0.15, -0.1) is 24.9 Å². The van der Waals surface area contributed by atoms with Gasteiger partial charge in [0.2, 0.25) is 5.91 Å². The van der Waals surface area contributed by atoms with Crippen molar-refractivity contribution in [2.24, 2.45) is 11.8 Å². The first kappa shape index (κ1) is 32.0. The highest BCUT2D eigenvalue weighted by Crippen LogP contribution is 2.72. The summed E-state index contributed by atoms with van der Waals surface area (Å²) < 4.78 is 4.44. The van der Waals surface area contributed by atoms with E-state index in [1.54, 1.807) is 27.6 Å². The first-order valence-corrected chi connectivity index (χ1v) is 16.4. The van der Waals surface area contributed by atoms with E-state index in [2.05, 4.69) is 13.2 Å². The molecule has 3 aliphatic rings. The Kier molecular flexibility index (Phi) is 9.42. The SMILES string of the molecule is C=CCCCCOC(=O)[C@@H]1[C@H]2C(=O)N([C@H](CO)c3ccccc3)C(C(=O)N(CC=C)c3c(C)cccc3C)C23CC[C@@]1(C)S3. The highest BCUT2D eigenvalue weighted by Gasteiger charge is 2.78. The second-order valence-electron chi connectivity index (χ2n) is 12.5. The maximum absolute atomic E-state index is 15.1. The molecule has 7 nitrogen and oxygen atoms in total. The second-order valence-corrected chi connectivity index (χ2v) is 14.4. The topological polar surface area (TPSA) is 87.1 Å². The van der Waals surface area contributed by atoms with Crippen LogP contribution >= 0.6 is 11.8 Å². The largest absolute Gasteiger partial charge is 0.465 e. The minimum Gasteiger partial charge on any atom is -0.465 e. The number of carbonyl (C=O) groups is 3. The summed E-state index contributed by atoms with van der Waals surface area (Å²) in [6, 6.07) is 13.6. The minimum atomic E-state index is -0.895. The van der Waals surface area contributed by atoms with Crippen molar-refractivity contribution in [3.05, 3.63) is 90.5 Å². The van der Waals surface area contributed by atoms with Crippen LogP contribution < -0.4 is 4.90 Å². The number of hydrogen-bond donors (Lipinski definition) is 1. The van der Waals surface area contributed by atoms with Crippen LogP contribution in [-0.2, 0) is 19.1 Å². The van der Waals surface area contributed by atoms with Gasteiger partial charge in [-0.2, -0.15) is 0 Å². The van der Waals surface area contributed by atoms with E-state index in [4.69, 9.17) is 4.74 Å². The molecular weight excluding hydrogens is 572 g/mol. The van der Waals surface area contributed by atoms with Gasteiger partial charge in [-0.3, -0.25) is 14.4 Å². The number of allylic oxidation sites excluding steroid dienone is 1. The van der Waals surface area contributed by atoms with E-state index in [1.165, 1.54) is 0 Å². The average molecular weight is 617 g/mol. The number of anilines is 1. The van der Waals surface area contributed by atoms with Crippen LogP contribution in [0.4, 0.5) is 5.69 Å². The monoisotopic (exact) mass is 616 g/mol. The molecule has 3 fully saturated rings. The zero-order valence-electron chi connectivity index (χ0n) is 26.0. The molecule has 2 bridgehead atoms. The van der Waals surface area contributed by atoms with E-state index in [-0.39, 0.29) is 37.5 Å². The average Bonchev–Trinajstić information content (AvgIpc) is 3.58. The molecule has 5 rings (SSSR count). The Balaban J connectivity index is 1.61. The van der Waals surface area contributed by atoms with Crippen molar-refractivity contribution in [1.82, 2.24) is 4.90 Å². The molecule has 1 N–H and O–H groups in total. The van der Waals surface area contributed by atoms with E-state index in [1.807, 2.05) is 75.4 Å². The van der Waals surface area contributed by atoms with E-state index in [9.17, 15) is 14.7 Å². The number of hydrogen-bond acceptors (Lipinski definition) is 6. The van der Waals surface area contributed by atoms with E-state index in [0.29, 0.717) is 12.8 Å². The number of amides is 2. The number of nitrogens with zero attached hydrogens (tertiary/aromatic N) is 2. The molecule has 234 valence electrons. The molecule has 44 heavy (non-hydrogen) atoms. The number of rotatable bonds is 13. The van der Waals surface area contributed by atoms with Crippen molar-refractivity contribution in [3.8, 4) is 0 Å². The normalized spacial score (nSPS) is 27.6. The van der Waals surface area contributed by atoms with Crippen LogP contribution in [0.1, 0.15) is 61.8 Å². The number of likely N-dealkylation sites (tertiary alicyclic amines) is 1. The summed E-state index contributed by atoms with van der Waals surface area (Å²) >= 11 is 1.61. The molecule has 3 saturated heterocycles. The summed E-state index contributed by atoms with van der Waals surface area (Å²) in [5.41, 5.74) is 3.43. The first-order valence-electron chi connectivity index (χ1n) is 15.6. The molecule has 2 aromatic rings. The second kappa shape index (κ2) is 12.9. The Bertz CT molecular complexity index is 1410. The lowest BCUT2D eigenvalue weighted by atomic mass is 9.66. The third-order valence-corrected chi connectivity index (χ3v) is 11.7. The van der Waals surface area contributed by atoms with Gasteiger partial charge in [0, 0.05) is 17.0 Å². The number of unbranched alkanes of at least 4 members (excludes halogenated alkanes) is 2. The van der Waals surface area contributed by atoms with Gasteiger partial charge in [0.05, 0.1) is 35.8 Å². The van der Waals surface area contributed by atoms with Crippen LogP contribution in [0.15, 0.2) is 73.8 Å². The molecule has 0 radical (unpaired) electrons. The fourth-order valence-corrected chi connectivity index (χ4v) is 10.1. The molecule has 2 amide bonds. The number of ether oxygens (including phenoxy) is 1. The van der Waals surface area contributed by atoms with E-state index < -0.39 is 33.4 Å². The number of carbonyl (C=O) groups excluding carboxylic acids is 3. The van der Waals surface area contributed by atoms with Crippen LogP contribution in [0.5, 0.6) is 0 Å². The highest BCUT2D eigenvalue weighted by atomic mass is 32.2. The van der Waals surface area contributed by atoms with Crippen molar-refractivity contribution in [2.45, 2.75) is 74.5 Å². The predicted octanol–water partition coefficient (Wildman–Crippen LogP) is 5.94. The summed E-state index contributed by atoms with van der Waals surface area (Å²) in [4.78, 5) is 47.0. The summed E-state index contributed by atoms with van der Waals surface area (Å²) in [7, 11) is 0. The van der Waals surface area contributed by atoms with Gasteiger partial charge in [0.15, 0.2) is 0 Å². The lowest BCUT2D eigenvalue weighted by Crippen LogP contribution is -2.56. The number of esters is 1. The summed E-state index contributed by atoms with van der Waals surface area (Å²) in [5, 5.41) is 10.8. The number of fused-ring (bicyclic) bond motifs is 1. The summed E-state index contributed by atoms with van der Waals surface area (Å²) in [6.07, 6.45) is 7.29. The standard InChI is InChI=1S/C36H44N2O5S/c1-6-8-9-13-22-43-34(42)29-28-32(40)38(27(23-39)26-17-11-10-12-18-26)31(36(28)20-19-35(29,5)44-36)33(41)37(21-7-2)30-24(3)15-14-16-25(30)4/h6-7,10-12,14-18,27-29,31,39H,1-2,8-9,13,19-23H2,3-5H3/t27-,28+,29+,31?,35-,36?/m1/s1. The van der Waals surface area contributed by atoms with Crippen molar-refractivity contribution in [2.75, 3.05) is 24.7 Å². The van der Waals surface area contributed by atoms with Gasteiger partial charge in [0.25, 0.3) is 5.91 Å². The zero-order valence-corrected chi connectivity index (χ0v) is 26.9. The van der Waals surface area contributed by atoms with Crippen LogP contribution in [-0.4, -0.2) is 63.1 Å². The summed E-state index contributed by atoms with van der Waals surface area (Å²) in [5.74, 6) is -2.28. The number of benzene rings is 2. The smallest absolute Gasteiger partial charge is 0.311 e. The van der Waals surface area contributed by atoms with Crippen molar-refractivity contribution in [1.29, 1.82) is 0 Å². The van der Waals surface area contributed by atoms with Crippen LogP contribution in [0.2, 0.25) is 0 Å². The number of aliphatic hydroxyl groups is 1. The molecule has 3 aliphatic heterocycles. The van der Waals surface area contributed by atoms with Gasteiger partial charge in [-0.05, 0) is 69.6 Å². The lowest BCUT2D eigenvalue weighted by molar-refractivity contribution is -0.156. The molecule has 0 saturated carbocycles. The number of para-hydroxylation sites is 1. The first-order chi connectivity index (χ1) is 21.1. The van der Waals surface area contributed by atoms with Crippen LogP contribution in [0.3, 0.4) is 0 Å². The van der Waals surface area contributed by atoms with Gasteiger partial charge in [-0.25, -0.2) is 0 Å². The maximum atomic E-state index is 15.1. The van der Waals surface area contributed by atoms with Crippen LogP contribution in [0, 0.1) is 25.7 Å².